The van der Waals surface area contributed by atoms with Crippen molar-refractivity contribution < 1.29 is 14.3 Å². The lowest BCUT2D eigenvalue weighted by atomic mass is 10.1. The highest BCUT2D eigenvalue weighted by Crippen LogP contribution is 2.30. The van der Waals surface area contributed by atoms with Gasteiger partial charge in [-0.2, -0.15) is 0 Å². The molecule has 0 aliphatic heterocycles. The van der Waals surface area contributed by atoms with Crippen molar-refractivity contribution in [1.82, 2.24) is 9.88 Å². The monoisotopic (exact) mass is 395 g/mol. The van der Waals surface area contributed by atoms with Gasteiger partial charge in [0.1, 0.15) is 11.8 Å². The van der Waals surface area contributed by atoms with Gasteiger partial charge >= 0.3 is 5.97 Å². The molecule has 0 radical (unpaired) electrons. The number of hydrogen-bond donors (Lipinski definition) is 2. The molecule has 1 aromatic heterocycles. The minimum Gasteiger partial charge on any atom is -0.454 e. The van der Waals surface area contributed by atoms with Crippen LogP contribution in [0.3, 0.4) is 0 Å². The first kappa shape index (κ1) is 20.9. The molecule has 0 fully saturated rings. The Hall–Kier alpha value is -2.83. The lowest BCUT2D eigenvalue weighted by molar-refractivity contribution is -0.162. The second-order valence-electron chi connectivity index (χ2n) is 7.46. The first-order valence-corrected chi connectivity index (χ1v) is 9.84. The van der Waals surface area contributed by atoms with Crippen LogP contribution in [-0.4, -0.2) is 48.8 Å². The highest BCUT2D eigenvalue weighted by molar-refractivity contribution is 5.89. The summed E-state index contributed by atoms with van der Waals surface area (Å²) in [5.74, 6) is 0.213. The van der Waals surface area contributed by atoms with Gasteiger partial charge in [0, 0.05) is 30.6 Å². The van der Waals surface area contributed by atoms with E-state index < -0.39 is 18.3 Å². The summed E-state index contributed by atoms with van der Waals surface area (Å²) in [6, 6.07) is 14.7. The summed E-state index contributed by atoms with van der Waals surface area (Å²) < 4.78 is 11.4. The number of H-pyrrole nitrogens is 1. The zero-order valence-corrected chi connectivity index (χ0v) is 17.2. The van der Waals surface area contributed by atoms with Crippen molar-refractivity contribution in [2.45, 2.75) is 32.1 Å². The number of esters is 1. The SMILES string of the molecule is CC(OC(=O)[C@@H](N)Cc1ccccc1)Oc1cccc2[nH]cc(CCN(C)C)c12. The smallest absolute Gasteiger partial charge is 0.326 e. The summed E-state index contributed by atoms with van der Waals surface area (Å²) in [6.07, 6.45) is 2.58. The fourth-order valence-electron chi connectivity index (χ4n) is 3.26. The van der Waals surface area contributed by atoms with E-state index in [0.29, 0.717) is 12.2 Å². The lowest BCUT2D eigenvalue weighted by Crippen LogP contribution is -2.37. The quantitative estimate of drug-likeness (QED) is 0.430. The molecular weight excluding hydrogens is 366 g/mol. The van der Waals surface area contributed by atoms with Crippen molar-refractivity contribution in [3.8, 4) is 5.75 Å². The summed E-state index contributed by atoms with van der Waals surface area (Å²) in [5, 5.41) is 1.02. The molecule has 0 amide bonds. The fraction of sp³-hybridized carbons (Fsp3) is 0.348. The normalized spacial score (nSPS) is 13.4. The Morgan fingerprint density at radius 2 is 1.90 bits per heavy atom. The molecule has 2 atom stereocenters. The summed E-state index contributed by atoms with van der Waals surface area (Å²) in [7, 11) is 4.10. The van der Waals surface area contributed by atoms with Crippen molar-refractivity contribution in [1.29, 1.82) is 0 Å². The number of fused-ring (bicyclic) bond motifs is 1. The van der Waals surface area contributed by atoms with E-state index in [1.807, 2.05) is 68.8 Å². The summed E-state index contributed by atoms with van der Waals surface area (Å²) in [4.78, 5) is 17.8. The van der Waals surface area contributed by atoms with Gasteiger partial charge in [0.25, 0.3) is 0 Å². The highest BCUT2D eigenvalue weighted by Gasteiger charge is 2.20. The van der Waals surface area contributed by atoms with Gasteiger partial charge in [-0.25, -0.2) is 0 Å². The molecule has 3 aromatic rings. The van der Waals surface area contributed by atoms with E-state index in [4.69, 9.17) is 15.2 Å². The molecule has 0 saturated carbocycles. The number of carbonyl (C=O) groups is 1. The van der Waals surface area contributed by atoms with Crippen molar-refractivity contribution in [2.24, 2.45) is 5.73 Å². The lowest BCUT2D eigenvalue weighted by Gasteiger charge is -2.19. The van der Waals surface area contributed by atoms with E-state index in [9.17, 15) is 4.79 Å². The van der Waals surface area contributed by atoms with Gasteiger partial charge in [0.2, 0.25) is 6.29 Å². The molecule has 6 nitrogen and oxygen atoms in total. The van der Waals surface area contributed by atoms with E-state index in [1.165, 1.54) is 5.56 Å². The maximum absolute atomic E-state index is 12.4. The Morgan fingerprint density at radius 1 is 1.14 bits per heavy atom. The van der Waals surface area contributed by atoms with Crippen LogP contribution in [0.25, 0.3) is 10.9 Å². The zero-order chi connectivity index (χ0) is 20.8. The Morgan fingerprint density at radius 3 is 2.62 bits per heavy atom. The molecule has 3 rings (SSSR count). The molecule has 0 aliphatic carbocycles. The van der Waals surface area contributed by atoms with Gasteiger partial charge in [0.05, 0.1) is 0 Å². The number of carbonyl (C=O) groups excluding carboxylic acids is 1. The fourth-order valence-corrected chi connectivity index (χ4v) is 3.26. The topological polar surface area (TPSA) is 80.6 Å². The Bertz CT molecular complexity index is 937. The van der Waals surface area contributed by atoms with Crippen molar-refractivity contribution in [3.05, 3.63) is 65.9 Å². The molecular formula is C23H29N3O3. The molecule has 0 saturated heterocycles. The van der Waals surface area contributed by atoms with Crippen molar-refractivity contribution in [3.63, 3.8) is 0 Å². The van der Waals surface area contributed by atoms with Gasteiger partial charge in [-0.05, 0) is 50.2 Å². The van der Waals surface area contributed by atoms with Crippen LogP contribution in [0.5, 0.6) is 5.75 Å². The minimum absolute atomic E-state index is 0.425. The Balaban J connectivity index is 1.65. The highest BCUT2D eigenvalue weighted by atomic mass is 16.7. The third-order valence-electron chi connectivity index (χ3n) is 4.75. The number of ether oxygens (including phenoxy) is 2. The standard InChI is InChI=1S/C23H29N3O3/c1-16(29-23(27)19(24)14-17-8-5-4-6-9-17)28-21-11-7-10-20-22(21)18(15-25-20)12-13-26(2)3/h4-11,15-16,19,25H,12-14,24H2,1-3H3/t16?,19-/m0/s1. The van der Waals surface area contributed by atoms with Crippen LogP contribution in [0, 0.1) is 0 Å². The van der Waals surface area contributed by atoms with Crippen LogP contribution in [0.2, 0.25) is 0 Å². The zero-order valence-electron chi connectivity index (χ0n) is 17.2. The van der Waals surface area contributed by atoms with Gasteiger partial charge in [0.15, 0.2) is 0 Å². The Labute approximate surface area is 171 Å². The van der Waals surface area contributed by atoms with E-state index in [2.05, 4.69) is 9.88 Å². The molecule has 3 N–H and O–H groups in total. The number of hydrogen-bond acceptors (Lipinski definition) is 5. The van der Waals surface area contributed by atoms with E-state index in [1.54, 1.807) is 6.92 Å². The average molecular weight is 396 g/mol. The van der Waals surface area contributed by atoms with Crippen LogP contribution in [-0.2, 0) is 22.4 Å². The predicted molar refractivity (Wildman–Crippen MR) is 115 cm³/mol. The molecule has 29 heavy (non-hydrogen) atoms. The van der Waals surface area contributed by atoms with Crippen LogP contribution in [0.4, 0.5) is 0 Å². The minimum atomic E-state index is -0.744. The van der Waals surface area contributed by atoms with E-state index >= 15 is 0 Å². The number of nitrogens with zero attached hydrogens (tertiary/aromatic N) is 1. The molecule has 154 valence electrons. The van der Waals surface area contributed by atoms with Gasteiger partial charge in [-0.15, -0.1) is 0 Å². The molecule has 1 heterocycles. The first-order valence-electron chi connectivity index (χ1n) is 9.84. The first-order chi connectivity index (χ1) is 13.9. The third kappa shape index (κ3) is 5.59. The second-order valence-corrected chi connectivity index (χ2v) is 7.46. The third-order valence-corrected chi connectivity index (χ3v) is 4.75. The molecule has 2 aromatic carbocycles. The van der Waals surface area contributed by atoms with Gasteiger partial charge < -0.3 is 25.1 Å². The maximum atomic E-state index is 12.4. The number of rotatable bonds is 9. The van der Waals surface area contributed by atoms with Gasteiger partial charge in [-0.3, -0.25) is 4.79 Å². The Kier molecular flexibility index (Phi) is 6.90. The van der Waals surface area contributed by atoms with Crippen molar-refractivity contribution in [2.75, 3.05) is 20.6 Å². The number of nitrogens with one attached hydrogen (secondary N) is 1. The molecule has 6 heteroatoms. The molecule has 0 spiro atoms. The molecule has 0 aliphatic rings. The maximum Gasteiger partial charge on any atom is 0.326 e. The molecule has 1 unspecified atom stereocenters. The number of aromatic amines is 1. The van der Waals surface area contributed by atoms with Crippen molar-refractivity contribution >= 4 is 16.9 Å². The van der Waals surface area contributed by atoms with E-state index in [0.717, 1.165) is 29.4 Å². The number of nitrogens with two attached hydrogens (primary N) is 1. The molecule has 0 bridgehead atoms. The predicted octanol–water partition coefficient (Wildman–Crippen LogP) is 3.11. The number of aromatic nitrogens is 1. The number of benzene rings is 2. The van der Waals surface area contributed by atoms with Crippen LogP contribution >= 0.6 is 0 Å². The van der Waals surface area contributed by atoms with Crippen LogP contribution in [0.15, 0.2) is 54.7 Å². The van der Waals surface area contributed by atoms with Crippen LogP contribution in [0.1, 0.15) is 18.1 Å². The average Bonchev–Trinajstić information content (AvgIpc) is 3.11. The van der Waals surface area contributed by atoms with Crippen LogP contribution < -0.4 is 10.5 Å². The number of likely N-dealkylation sites (N-methyl/N-ethyl adjacent to an activating group) is 1. The second kappa shape index (κ2) is 9.58. The van der Waals surface area contributed by atoms with Gasteiger partial charge in [-0.1, -0.05) is 36.4 Å². The summed E-state index contributed by atoms with van der Waals surface area (Å²) in [6.45, 7) is 2.64. The summed E-state index contributed by atoms with van der Waals surface area (Å²) in [5.41, 5.74) is 9.18. The largest absolute Gasteiger partial charge is 0.454 e. The van der Waals surface area contributed by atoms with E-state index in [-0.39, 0.29) is 0 Å². The summed E-state index contributed by atoms with van der Waals surface area (Å²) >= 11 is 0.